The van der Waals surface area contributed by atoms with Crippen LogP contribution in [-0.2, 0) is 0 Å². The molecule has 0 unspecified atom stereocenters. The van der Waals surface area contributed by atoms with Crippen LogP contribution in [0.25, 0.3) is 0 Å². The highest BCUT2D eigenvalue weighted by atomic mass is 35.5. The average molecular weight is 321 g/mol. The van der Waals surface area contributed by atoms with E-state index in [2.05, 4.69) is 17.2 Å². The minimum absolute atomic E-state index is 0.269. The van der Waals surface area contributed by atoms with Gasteiger partial charge in [0, 0.05) is 6.54 Å². The zero-order valence-electron chi connectivity index (χ0n) is 11.1. The summed E-state index contributed by atoms with van der Waals surface area (Å²) < 4.78 is 0.539. The van der Waals surface area contributed by atoms with Crippen molar-refractivity contribution in [2.24, 2.45) is 0 Å². The zero-order chi connectivity index (χ0) is 15.2. The van der Waals surface area contributed by atoms with Gasteiger partial charge in [0.05, 0.1) is 20.5 Å². The van der Waals surface area contributed by atoms with Crippen molar-refractivity contribution in [3.05, 3.63) is 63.8 Å². The number of halogens is 1. The second-order valence-corrected chi connectivity index (χ2v) is 5.82. The largest absolute Gasteiger partial charge is 0.349 e. The summed E-state index contributed by atoms with van der Waals surface area (Å²) >= 11 is 6.99. The number of para-hydroxylation sites is 1. The van der Waals surface area contributed by atoms with E-state index in [-0.39, 0.29) is 11.8 Å². The molecule has 0 aliphatic heterocycles. The van der Waals surface area contributed by atoms with Crippen LogP contribution >= 0.6 is 22.9 Å². The van der Waals surface area contributed by atoms with Crippen LogP contribution in [0.1, 0.15) is 20.0 Å². The molecule has 2 aromatic rings. The quantitative estimate of drug-likeness (QED) is 0.827. The van der Waals surface area contributed by atoms with E-state index >= 15 is 0 Å². The fourth-order valence-electron chi connectivity index (χ4n) is 1.67. The van der Waals surface area contributed by atoms with Crippen LogP contribution in [0.3, 0.4) is 0 Å². The Morgan fingerprint density at radius 1 is 1.19 bits per heavy atom. The Kier molecular flexibility index (Phi) is 5.14. The Hall–Kier alpha value is -2.11. The lowest BCUT2D eigenvalue weighted by Gasteiger charge is -2.10. The van der Waals surface area contributed by atoms with E-state index in [1.165, 1.54) is 11.3 Å². The average Bonchev–Trinajstić information content (AvgIpc) is 2.92. The third-order valence-corrected chi connectivity index (χ3v) is 3.85. The van der Waals surface area contributed by atoms with Crippen molar-refractivity contribution in [3.63, 3.8) is 0 Å². The molecule has 21 heavy (non-hydrogen) atoms. The van der Waals surface area contributed by atoms with Crippen LogP contribution in [0.2, 0.25) is 4.34 Å². The van der Waals surface area contributed by atoms with Crippen LogP contribution in [-0.4, -0.2) is 18.4 Å². The van der Waals surface area contributed by atoms with Gasteiger partial charge in [-0.2, -0.15) is 0 Å². The zero-order valence-corrected chi connectivity index (χ0v) is 12.6. The SMILES string of the molecule is C=CCNC(=O)c1ccccc1NC(=O)c1ccc(Cl)s1. The number of rotatable bonds is 5. The van der Waals surface area contributed by atoms with Crippen LogP contribution in [0.15, 0.2) is 49.1 Å². The molecule has 2 amide bonds. The van der Waals surface area contributed by atoms with Gasteiger partial charge in [0.1, 0.15) is 0 Å². The first-order valence-electron chi connectivity index (χ1n) is 6.16. The highest BCUT2D eigenvalue weighted by Crippen LogP contribution is 2.23. The predicted molar refractivity (Wildman–Crippen MR) is 86.3 cm³/mol. The molecule has 2 rings (SSSR count). The van der Waals surface area contributed by atoms with Gasteiger partial charge >= 0.3 is 0 Å². The van der Waals surface area contributed by atoms with Gasteiger partial charge in [-0.15, -0.1) is 17.9 Å². The van der Waals surface area contributed by atoms with Gasteiger partial charge < -0.3 is 10.6 Å². The highest BCUT2D eigenvalue weighted by Gasteiger charge is 2.14. The Labute approximate surface area is 131 Å². The predicted octanol–water partition coefficient (Wildman–Crippen LogP) is 3.57. The number of amides is 2. The minimum Gasteiger partial charge on any atom is -0.349 e. The number of thiophene rings is 1. The van der Waals surface area contributed by atoms with Gasteiger partial charge in [-0.1, -0.05) is 29.8 Å². The van der Waals surface area contributed by atoms with Gasteiger partial charge in [-0.05, 0) is 24.3 Å². The molecule has 0 aliphatic carbocycles. The van der Waals surface area contributed by atoms with Crippen molar-refractivity contribution in [2.45, 2.75) is 0 Å². The van der Waals surface area contributed by atoms with E-state index in [0.717, 1.165) is 0 Å². The number of hydrogen-bond acceptors (Lipinski definition) is 3. The van der Waals surface area contributed by atoms with Crippen molar-refractivity contribution < 1.29 is 9.59 Å². The summed E-state index contributed by atoms with van der Waals surface area (Å²) in [4.78, 5) is 24.6. The van der Waals surface area contributed by atoms with Crippen molar-refractivity contribution >= 4 is 40.4 Å². The van der Waals surface area contributed by atoms with Crippen LogP contribution in [0.5, 0.6) is 0 Å². The van der Waals surface area contributed by atoms with E-state index in [1.807, 2.05) is 0 Å². The lowest BCUT2D eigenvalue weighted by atomic mass is 10.1. The summed E-state index contributed by atoms with van der Waals surface area (Å²) in [5.41, 5.74) is 0.851. The van der Waals surface area contributed by atoms with Gasteiger partial charge in [-0.25, -0.2) is 0 Å². The summed E-state index contributed by atoms with van der Waals surface area (Å²) in [6.45, 7) is 3.91. The lowest BCUT2D eigenvalue weighted by Crippen LogP contribution is -2.25. The standard InChI is InChI=1S/C15H13ClN2O2S/c1-2-9-17-14(19)10-5-3-4-6-11(10)18-15(20)12-7-8-13(16)21-12/h2-8H,1,9H2,(H,17,19)(H,18,20). The van der Waals surface area contributed by atoms with Crippen molar-refractivity contribution in [1.82, 2.24) is 5.32 Å². The number of nitrogens with one attached hydrogen (secondary N) is 2. The number of carbonyl (C=O) groups excluding carboxylic acids is 2. The first-order valence-corrected chi connectivity index (χ1v) is 7.36. The normalized spacial score (nSPS) is 9.95. The van der Waals surface area contributed by atoms with E-state index in [4.69, 9.17) is 11.6 Å². The summed E-state index contributed by atoms with van der Waals surface area (Å²) in [6, 6.07) is 10.1. The van der Waals surface area contributed by atoms with Crippen molar-refractivity contribution in [2.75, 3.05) is 11.9 Å². The fourth-order valence-corrected chi connectivity index (χ4v) is 2.61. The third kappa shape index (κ3) is 3.93. The summed E-state index contributed by atoms with van der Waals surface area (Å²) in [5.74, 6) is -0.564. The molecule has 0 radical (unpaired) electrons. The molecule has 0 fully saturated rings. The summed E-state index contributed by atoms with van der Waals surface area (Å²) in [5, 5.41) is 5.40. The first-order chi connectivity index (χ1) is 10.1. The Morgan fingerprint density at radius 2 is 1.95 bits per heavy atom. The molecule has 1 aromatic heterocycles. The number of benzene rings is 1. The molecule has 0 saturated heterocycles. The second-order valence-electron chi connectivity index (χ2n) is 4.10. The first kappa shape index (κ1) is 15.3. The maximum atomic E-state index is 12.1. The molecule has 2 N–H and O–H groups in total. The molecule has 6 heteroatoms. The maximum Gasteiger partial charge on any atom is 0.265 e. The molecule has 108 valence electrons. The maximum absolute atomic E-state index is 12.1. The van der Waals surface area contributed by atoms with Gasteiger partial charge in [0.25, 0.3) is 11.8 Å². The van der Waals surface area contributed by atoms with E-state index < -0.39 is 0 Å². The van der Waals surface area contributed by atoms with Gasteiger partial charge in [0.15, 0.2) is 0 Å². The molecule has 0 atom stereocenters. The Bertz CT molecular complexity index is 682. The van der Waals surface area contributed by atoms with Crippen molar-refractivity contribution in [1.29, 1.82) is 0 Å². The molecule has 1 heterocycles. The minimum atomic E-state index is -0.295. The molecule has 0 bridgehead atoms. The smallest absolute Gasteiger partial charge is 0.265 e. The van der Waals surface area contributed by atoms with E-state index in [1.54, 1.807) is 42.5 Å². The van der Waals surface area contributed by atoms with Gasteiger partial charge in [-0.3, -0.25) is 9.59 Å². The highest BCUT2D eigenvalue weighted by molar-refractivity contribution is 7.18. The molecule has 0 aliphatic rings. The van der Waals surface area contributed by atoms with Crippen LogP contribution in [0, 0.1) is 0 Å². The molecular formula is C15H13ClN2O2S. The monoisotopic (exact) mass is 320 g/mol. The van der Waals surface area contributed by atoms with Crippen LogP contribution in [0.4, 0.5) is 5.69 Å². The molecular weight excluding hydrogens is 308 g/mol. The fraction of sp³-hybridized carbons (Fsp3) is 0.0667. The lowest BCUT2D eigenvalue weighted by molar-refractivity contribution is 0.0959. The third-order valence-electron chi connectivity index (χ3n) is 2.62. The molecule has 4 nitrogen and oxygen atoms in total. The van der Waals surface area contributed by atoms with Gasteiger partial charge in [0.2, 0.25) is 0 Å². The van der Waals surface area contributed by atoms with Crippen LogP contribution < -0.4 is 10.6 Å². The summed E-state index contributed by atoms with van der Waals surface area (Å²) in [7, 11) is 0. The Morgan fingerprint density at radius 3 is 2.62 bits per heavy atom. The summed E-state index contributed by atoms with van der Waals surface area (Å²) in [6.07, 6.45) is 1.59. The topological polar surface area (TPSA) is 58.2 Å². The number of anilines is 1. The molecule has 1 aromatic carbocycles. The van der Waals surface area contributed by atoms with Crippen molar-refractivity contribution in [3.8, 4) is 0 Å². The Balaban J connectivity index is 2.18. The molecule has 0 saturated carbocycles. The number of carbonyl (C=O) groups is 2. The molecule has 0 spiro atoms. The number of hydrogen-bond donors (Lipinski definition) is 2. The van der Waals surface area contributed by atoms with E-state index in [0.29, 0.717) is 27.0 Å². The van der Waals surface area contributed by atoms with E-state index in [9.17, 15) is 9.59 Å². The second kappa shape index (κ2) is 7.06.